The minimum atomic E-state index is -0.386. The van der Waals surface area contributed by atoms with E-state index < -0.39 is 0 Å². The molecule has 1 atom stereocenters. The fourth-order valence-corrected chi connectivity index (χ4v) is 5.24. The predicted molar refractivity (Wildman–Crippen MR) is 121 cm³/mol. The van der Waals surface area contributed by atoms with E-state index in [0.29, 0.717) is 29.3 Å². The minimum absolute atomic E-state index is 0.0644. The third-order valence-electron chi connectivity index (χ3n) is 5.84. The van der Waals surface area contributed by atoms with Crippen LogP contribution in [0.3, 0.4) is 0 Å². The maximum atomic E-state index is 13.3. The second-order valence-corrected chi connectivity index (χ2v) is 8.92. The number of hydrogen-bond donors (Lipinski definition) is 0. The molecule has 2 heterocycles. The van der Waals surface area contributed by atoms with Crippen molar-refractivity contribution in [2.45, 2.75) is 19.0 Å². The first-order chi connectivity index (χ1) is 15.2. The Morgan fingerprint density at radius 1 is 1.00 bits per heavy atom. The molecular formula is C24H26N4O2S. The number of thioether (sulfide) groups is 1. The number of carbonyl (C=O) groups excluding carboxylic acids is 2. The van der Waals surface area contributed by atoms with Crippen molar-refractivity contribution in [3.05, 3.63) is 71.3 Å². The number of benzene rings is 2. The molecule has 160 valence electrons. The summed E-state index contributed by atoms with van der Waals surface area (Å²) in [6.45, 7) is 3.93. The first-order valence-electron chi connectivity index (χ1n) is 10.6. The summed E-state index contributed by atoms with van der Waals surface area (Å²) in [5.74, 6) is 1.21. The van der Waals surface area contributed by atoms with Crippen molar-refractivity contribution < 1.29 is 9.59 Å². The molecule has 2 saturated heterocycles. The molecule has 7 heteroatoms. The van der Waals surface area contributed by atoms with Gasteiger partial charge in [0.2, 0.25) is 5.91 Å². The second-order valence-electron chi connectivity index (χ2n) is 7.92. The highest BCUT2D eigenvalue weighted by Gasteiger charge is 2.37. The van der Waals surface area contributed by atoms with Gasteiger partial charge in [0.15, 0.2) is 0 Å². The molecule has 4 rings (SSSR count). The van der Waals surface area contributed by atoms with E-state index in [9.17, 15) is 9.59 Å². The summed E-state index contributed by atoms with van der Waals surface area (Å²) in [4.78, 5) is 32.2. The van der Waals surface area contributed by atoms with Gasteiger partial charge in [0.05, 0.1) is 17.5 Å². The standard InChI is InChI=1S/C24H26N4O2S/c25-15-19-7-9-20(10-8-19)16-26-11-4-12-27(14-13-26)24(30)22-17-31-18-28(22)23(29)21-5-2-1-3-6-21/h1-3,5-10,22H,4,11-14,16-18H2. The van der Waals surface area contributed by atoms with E-state index in [1.807, 2.05) is 47.4 Å². The summed E-state index contributed by atoms with van der Waals surface area (Å²) >= 11 is 1.64. The van der Waals surface area contributed by atoms with Crippen LogP contribution in [0, 0.1) is 11.3 Å². The molecule has 31 heavy (non-hydrogen) atoms. The third-order valence-corrected chi connectivity index (χ3v) is 6.85. The van der Waals surface area contributed by atoms with Gasteiger partial charge in [-0.15, -0.1) is 11.8 Å². The molecule has 0 aromatic heterocycles. The SMILES string of the molecule is N#Cc1ccc(CN2CCCN(C(=O)C3CSCN3C(=O)c3ccccc3)CC2)cc1. The second kappa shape index (κ2) is 9.99. The lowest BCUT2D eigenvalue weighted by atomic mass is 10.1. The Hall–Kier alpha value is -2.82. The van der Waals surface area contributed by atoms with Gasteiger partial charge in [-0.2, -0.15) is 5.26 Å². The van der Waals surface area contributed by atoms with Gasteiger partial charge in [-0.05, 0) is 36.2 Å². The molecular weight excluding hydrogens is 408 g/mol. The number of nitrogens with zero attached hydrogens (tertiary/aromatic N) is 4. The predicted octanol–water partition coefficient (Wildman–Crippen LogP) is 2.81. The van der Waals surface area contributed by atoms with Crippen LogP contribution in [0.5, 0.6) is 0 Å². The Kier molecular flexibility index (Phi) is 6.90. The van der Waals surface area contributed by atoms with Crippen LogP contribution in [0.1, 0.15) is 27.9 Å². The van der Waals surface area contributed by atoms with Crippen LogP contribution in [-0.4, -0.2) is 70.4 Å². The zero-order valence-corrected chi connectivity index (χ0v) is 18.3. The van der Waals surface area contributed by atoms with Gasteiger partial charge in [-0.1, -0.05) is 30.3 Å². The molecule has 6 nitrogen and oxygen atoms in total. The van der Waals surface area contributed by atoms with Crippen molar-refractivity contribution >= 4 is 23.6 Å². The molecule has 0 N–H and O–H groups in total. The van der Waals surface area contributed by atoms with Crippen LogP contribution < -0.4 is 0 Å². The largest absolute Gasteiger partial charge is 0.340 e. The van der Waals surface area contributed by atoms with Crippen molar-refractivity contribution in [3.8, 4) is 6.07 Å². The highest BCUT2D eigenvalue weighted by Crippen LogP contribution is 2.25. The van der Waals surface area contributed by atoms with E-state index in [2.05, 4.69) is 11.0 Å². The summed E-state index contributed by atoms with van der Waals surface area (Å²) in [7, 11) is 0. The number of amides is 2. The summed E-state index contributed by atoms with van der Waals surface area (Å²) in [6.07, 6.45) is 0.911. The maximum absolute atomic E-state index is 13.3. The fraction of sp³-hybridized carbons (Fsp3) is 0.375. The Morgan fingerprint density at radius 3 is 2.52 bits per heavy atom. The van der Waals surface area contributed by atoms with Gasteiger partial charge in [0.25, 0.3) is 5.91 Å². The average molecular weight is 435 g/mol. The van der Waals surface area contributed by atoms with Crippen molar-refractivity contribution in [1.82, 2.24) is 14.7 Å². The number of rotatable bonds is 4. The molecule has 2 aromatic rings. The minimum Gasteiger partial charge on any atom is -0.340 e. The third kappa shape index (κ3) is 5.09. The van der Waals surface area contributed by atoms with Gasteiger partial charge < -0.3 is 9.80 Å². The topological polar surface area (TPSA) is 67.7 Å². The van der Waals surface area contributed by atoms with E-state index in [0.717, 1.165) is 32.6 Å². The Bertz CT molecular complexity index is 958. The lowest BCUT2D eigenvalue weighted by Crippen LogP contribution is -2.49. The molecule has 1 unspecified atom stereocenters. The molecule has 2 fully saturated rings. The van der Waals surface area contributed by atoms with E-state index in [4.69, 9.17) is 5.26 Å². The van der Waals surface area contributed by atoms with E-state index >= 15 is 0 Å². The lowest BCUT2D eigenvalue weighted by molar-refractivity contribution is -0.134. The summed E-state index contributed by atoms with van der Waals surface area (Å²) in [5.41, 5.74) is 2.47. The molecule has 0 aliphatic carbocycles. The van der Waals surface area contributed by atoms with Crippen LogP contribution in [-0.2, 0) is 11.3 Å². The summed E-state index contributed by atoms with van der Waals surface area (Å²) in [5, 5.41) is 8.95. The van der Waals surface area contributed by atoms with Crippen LogP contribution in [0.15, 0.2) is 54.6 Å². The van der Waals surface area contributed by atoms with Crippen molar-refractivity contribution in [1.29, 1.82) is 5.26 Å². The van der Waals surface area contributed by atoms with Crippen molar-refractivity contribution in [2.75, 3.05) is 37.8 Å². The molecule has 0 saturated carbocycles. The van der Waals surface area contributed by atoms with Crippen LogP contribution in [0.25, 0.3) is 0 Å². The Morgan fingerprint density at radius 2 is 1.77 bits per heavy atom. The van der Waals surface area contributed by atoms with Gasteiger partial charge in [0, 0.05) is 44.0 Å². The molecule has 2 amide bonds. The zero-order chi connectivity index (χ0) is 21.6. The highest BCUT2D eigenvalue weighted by molar-refractivity contribution is 7.99. The van der Waals surface area contributed by atoms with Crippen molar-refractivity contribution in [3.63, 3.8) is 0 Å². The molecule has 2 aromatic carbocycles. The first kappa shape index (κ1) is 21.4. The van der Waals surface area contributed by atoms with Crippen LogP contribution >= 0.6 is 11.8 Å². The van der Waals surface area contributed by atoms with Gasteiger partial charge in [0.1, 0.15) is 6.04 Å². The van der Waals surface area contributed by atoms with Crippen LogP contribution in [0.4, 0.5) is 0 Å². The molecule has 0 radical (unpaired) electrons. The Balaban J connectivity index is 1.36. The van der Waals surface area contributed by atoms with Crippen LogP contribution in [0.2, 0.25) is 0 Å². The molecule has 0 spiro atoms. The quantitative estimate of drug-likeness (QED) is 0.740. The average Bonchev–Trinajstić information content (AvgIpc) is 3.19. The monoisotopic (exact) mass is 434 g/mol. The number of hydrogen-bond acceptors (Lipinski definition) is 5. The summed E-state index contributed by atoms with van der Waals surface area (Å²) in [6, 6.07) is 18.6. The van der Waals surface area contributed by atoms with E-state index in [-0.39, 0.29) is 17.9 Å². The maximum Gasteiger partial charge on any atom is 0.255 e. The zero-order valence-electron chi connectivity index (χ0n) is 17.4. The van der Waals surface area contributed by atoms with E-state index in [1.165, 1.54) is 5.56 Å². The van der Waals surface area contributed by atoms with Gasteiger partial charge in [-0.25, -0.2) is 0 Å². The van der Waals surface area contributed by atoms with Crippen molar-refractivity contribution in [2.24, 2.45) is 0 Å². The molecule has 2 aliphatic rings. The number of carbonyl (C=O) groups is 2. The fourth-order valence-electron chi connectivity index (χ4n) is 4.10. The summed E-state index contributed by atoms with van der Waals surface area (Å²) < 4.78 is 0. The highest BCUT2D eigenvalue weighted by atomic mass is 32.2. The van der Waals surface area contributed by atoms with Gasteiger partial charge in [-0.3, -0.25) is 14.5 Å². The number of nitriles is 1. The Labute approximate surface area is 187 Å². The molecule has 0 bridgehead atoms. The lowest BCUT2D eigenvalue weighted by Gasteiger charge is -2.29. The van der Waals surface area contributed by atoms with E-state index in [1.54, 1.807) is 28.8 Å². The molecule has 2 aliphatic heterocycles. The smallest absolute Gasteiger partial charge is 0.255 e. The van der Waals surface area contributed by atoms with Gasteiger partial charge >= 0.3 is 0 Å². The normalized spacial score (nSPS) is 19.6. The first-order valence-corrected chi connectivity index (χ1v) is 11.7.